The van der Waals surface area contributed by atoms with Crippen LogP contribution in [0, 0.1) is 0 Å². The molecular weight excluding hydrogens is 232 g/mol. The van der Waals surface area contributed by atoms with E-state index in [0.717, 1.165) is 6.42 Å². The standard InChI is InChI=1S/C12H18N4O2/c1-8-11(4-6-18-8)16(2)12(17)9-3-5-14-7-10(9)15-13/h3,5,7-8,11,15H,4,6,13H2,1-2H3. The molecule has 2 atom stereocenters. The molecule has 0 aliphatic carbocycles. The minimum absolute atomic E-state index is 0.0649. The van der Waals surface area contributed by atoms with Crippen LogP contribution in [0.1, 0.15) is 23.7 Å². The summed E-state index contributed by atoms with van der Waals surface area (Å²) in [6.45, 7) is 2.68. The summed E-state index contributed by atoms with van der Waals surface area (Å²) in [5, 5.41) is 0. The highest BCUT2D eigenvalue weighted by molar-refractivity contribution is 5.99. The number of ether oxygens (including phenoxy) is 1. The molecule has 0 bridgehead atoms. The van der Waals surface area contributed by atoms with Gasteiger partial charge in [0.1, 0.15) is 0 Å². The zero-order valence-corrected chi connectivity index (χ0v) is 10.6. The lowest BCUT2D eigenvalue weighted by atomic mass is 10.1. The summed E-state index contributed by atoms with van der Waals surface area (Å²) in [6.07, 6.45) is 4.04. The van der Waals surface area contributed by atoms with Crippen LogP contribution in [-0.4, -0.2) is 41.6 Å². The molecule has 1 fully saturated rings. The molecule has 1 saturated heterocycles. The number of hydrogen-bond acceptors (Lipinski definition) is 5. The predicted octanol–water partition coefficient (Wildman–Crippen LogP) is 0.617. The minimum Gasteiger partial charge on any atom is -0.376 e. The highest BCUT2D eigenvalue weighted by Gasteiger charge is 2.31. The third kappa shape index (κ3) is 2.30. The molecule has 1 aliphatic rings. The van der Waals surface area contributed by atoms with Gasteiger partial charge >= 0.3 is 0 Å². The number of hydrogen-bond donors (Lipinski definition) is 2. The van der Waals surface area contributed by atoms with E-state index in [4.69, 9.17) is 10.6 Å². The van der Waals surface area contributed by atoms with Gasteiger partial charge in [0.05, 0.1) is 29.6 Å². The predicted molar refractivity (Wildman–Crippen MR) is 68.0 cm³/mol. The second kappa shape index (κ2) is 5.32. The van der Waals surface area contributed by atoms with Crippen LogP contribution in [0.4, 0.5) is 5.69 Å². The van der Waals surface area contributed by atoms with Crippen molar-refractivity contribution in [3.8, 4) is 0 Å². The first-order chi connectivity index (χ1) is 8.65. The number of hydrazine groups is 1. The SMILES string of the molecule is CC1OCCC1N(C)C(=O)c1ccncc1NN. The molecule has 1 aliphatic heterocycles. The van der Waals surface area contributed by atoms with Crippen molar-refractivity contribution >= 4 is 11.6 Å². The molecule has 1 amide bonds. The minimum atomic E-state index is -0.0762. The molecule has 2 heterocycles. The number of nitrogen functional groups attached to an aromatic ring is 1. The Morgan fingerprint density at radius 1 is 1.67 bits per heavy atom. The fourth-order valence-corrected chi connectivity index (χ4v) is 2.27. The molecule has 2 unspecified atom stereocenters. The van der Waals surface area contributed by atoms with Gasteiger partial charge in [-0.1, -0.05) is 0 Å². The maximum absolute atomic E-state index is 12.4. The summed E-state index contributed by atoms with van der Waals surface area (Å²) in [5.74, 6) is 5.31. The van der Waals surface area contributed by atoms with Gasteiger partial charge in [0.25, 0.3) is 5.91 Å². The van der Waals surface area contributed by atoms with Crippen LogP contribution < -0.4 is 11.3 Å². The molecule has 18 heavy (non-hydrogen) atoms. The second-order valence-electron chi connectivity index (χ2n) is 4.41. The molecule has 6 heteroatoms. The van der Waals surface area contributed by atoms with E-state index in [9.17, 15) is 4.79 Å². The quantitative estimate of drug-likeness (QED) is 0.607. The van der Waals surface area contributed by atoms with Gasteiger partial charge < -0.3 is 15.1 Å². The molecule has 6 nitrogen and oxygen atoms in total. The molecule has 1 aromatic heterocycles. The zero-order chi connectivity index (χ0) is 13.1. The molecule has 0 spiro atoms. The molecular formula is C12H18N4O2. The topological polar surface area (TPSA) is 80.5 Å². The number of likely N-dealkylation sites (N-methyl/N-ethyl adjacent to an activating group) is 1. The number of pyridine rings is 1. The number of carbonyl (C=O) groups is 1. The van der Waals surface area contributed by atoms with E-state index >= 15 is 0 Å². The lowest BCUT2D eigenvalue weighted by Crippen LogP contribution is -2.41. The number of nitrogens with two attached hydrogens (primary N) is 1. The molecule has 0 radical (unpaired) electrons. The van der Waals surface area contributed by atoms with Gasteiger partial charge in [-0.3, -0.25) is 15.6 Å². The molecule has 2 rings (SSSR count). The molecule has 98 valence electrons. The van der Waals surface area contributed by atoms with Crippen molar-refractivity contribution < 1.29 is 9.53 Å². The maximum Gasteiger partial charge on any atom is 0.256 e. The van der Waals surface area contributed by atoms with E-state index in [1.807, 2.05) is 6.92 Å². The maximum atomic E-state index is 12.4. The summed E-state index contributed by atoms with van der Waals surface area (Å²) in [5.41, 5.74) is 3.54. The van der Waals surface area contributed by atoms with Gasteiger partial charge in [-0.15, -0.1) is 0 Å². The number of amides is 1. The summed E-state index contributed by atoms with van der Waals surface area (Å²) in [4.78, 5) is 18.1. The Labute approximate surface area is 106 Å². The third-order valence-corrected chi connectivity index (χ3v) is 3.36. The lowest BCUT2D eigenvalue weighted by molar-refractivity contribution is 0.0575. The number of carbonyl (C=O) groups excluding carboxylic acids is 1. The average Bonchev–Trinajstić information content (AvgIpc) is 2.83. The van der Waals surface area contributed by atoms with E-state index in [0.29, 0.717) is 17.9 Å². The Hall–Kier alpha value is -1.66. The monoisotopic (exact) mass is 250 g/mol. The number of aromatic nitrogens is 1. The Kier molecular flexibility index (Phi) is 3.78. The third-order valence-electron chi connectivity index (χ3n) is 3.36. The van der Waals surface area contributed by atoms with Crippen LogP contribution >= 0.6 is 0 Å². The largest absolute Gasteiger partial charge is 0.376 e. The smallest absolute Gasteiger partial charge is 0.256 e. The Balaban J connectivity index is 2.20. The van der Waals surface area contributed by atoms with Gasteiger partial charge in [-0.2, -0.15) is 0 Å². The van der Waals surface area contributed by atoms with Crippen LogP contribution in [0.3, 0.4) is 0 Å². The Bertz CT molecular complexity index is 438. The van der Waals surface area contributed by atoms with E-state index in [2.05, 4.69) is 10.4 Å². The van der Waals surface area contributed by atoms with Crippen LogP contribution in [0.25, 0.3) is 0 Å². The highest BCUT2D eigenvalue weighted by atomic mass is 16.5. The number of anilines is 1. The van der Waals surface area contributed by atoms with Gasteiger partial charge in [0.15, 0.2) is 0 Å². The van der Waals surface area contributed by atoms with Crippen LogP contribution in [0.15, 0.2) is 18.5 Å². The van der Waals surface area contributed by atoms with E-state index in [-0.39, 0.29) is 18.1 Å². The number of nitrogens with one attached hydrogen (secondary N) is 1. The first kappa shape index (κ1) is 12.8. The number of rotatable bonds is 3. The van der Waals surface area contributed by atoms with Crippen LogP contribution in [0.2, 0.25) is 0 Å². The van der Waals surface area contributed by atoms with Crippen molar-refractivity contribution in [1.29, 1.82) is 0 Å². The fraction of sp³-hybridized carbons (Fsp3) is 0.500. The van der Waals surface area contributed by atoms with Crippen LogP contribution in [-0.2, 0) is 4.74 Å². The first-order valence-electron chi connectivity index (χ1n) is 5.94. The van der Waals surface area contributed by atoms with Crippen LogP contribution in [0.5, 0.6) is 0 Å². The first-order valence-corrected chi connectivity index (χ1v) is 5.94. The molecule has 0 aromatic carbocycles. The van der Waals surface area contributed by atoms with E-state index < -0.39 is 0 Å². The van der Waals surface area contributed by atoms with Crippen molar-refractivity contribution in [2.24, 2.45) is 5.84 Å². The van der Waals surface area contributed by atoms with Gasteiger partial charge in [0.2, 0.25) is 0 Å². The van der Waals surface area contributed by atoms with Gasteiger partial charge in [0, 0.05) is 19.9 Å². The van der Waals surface area contributed by atoms with Crippen molar-refractivity contribution in [1.82, 2.24) is 9.88 Å². The summed E-state index contributed by atoms with van der Waals surface area (Å²) < 4.78 is 5.48. The zero-order valence-electron chi connectivity index (χ0n) is 10.6. The van der Waals surface area contributed by atoms with Gasteiger partial charge in [-0.05, 0) is 19.4 Å². The summed E-state index contributed by atoms with van der Waals surface area (Å²) >= 11 is 0. The van der Waals surface area contributed by atoms with Crippen molar-refractivity contribution in [2.45, 2.75) is 25.5 Å². The van der Waals surface area contributed by atoms with Crippen molar-refractivity contribution in [2.75, 3.05) is 19.1 Å². The lowest BCUT2D eigenvalue weighted by Gasteiger charge is -2.27. The van der Waals surface area contributed by atoms with E-state index in [1.54, 1.807) is 24.2 Å². The van der Waals surface area contributed by atoms with E-state index in [1.165, 1.54) is 6.20 Å². The summed E-state index contributed by atoms with van der Waals surface area (Å²) in [6, 6.07) is 1.77. The van der Waals surface area contributed by atoms with Crippen molar-refractivity contribution in [3.63, 3.8) is 0 Å². The Morgan fingerprint density at radius 2 is 2.44 bits per heavy atom. The number of nitrogens with zero attached hydrogens (tertiary/aromatic N) is 2. The normalized spacial score (nSPS) is 22.8. The highest BCUT2D eigenvalue weighted by Crippen LogP contribution is 2.22. The summed E-state index contributed by atoms with van der Waals surface area (Å²) in [7, 11) is 1.79. The molecule has 3 N–H and O–H groups in total. The van der Waals surface area contributed by atoms with Gasteiger partial charge in [-0.25, -0.2) is 0 Å². The molecule has 1 aromatic rings. The van der Waals surface area contributed by atoms with Crippen molar-refractivity contribution in [3.05, 3.63) is 24.0 Å². The second-order valence-corrected chi connectivity index (χ2v) is 4.41. The average molecular weight is 250 g/mol. The Morgan fingerprint density at radius 3 is 3.06 bits per heavy atom. The molecule has 0 saturated carbocycles. The fourth-order valence-electron chi connectivity index (χ4n) is 2.27.